The standard InChI is InChI=1S/C6H7F3N2O2/c7-6(8,9)5-1-4(13-11-5)3(12)2-10/h1,3,12H,2,10H2. The summed E-state index contributed by atoms with van der Waals surface area (Å²) in [5, 5.41) is 11.7. The van der Waals surface area contributed by atoms with E-state index in [2.05, 4.69) is 9.68 Å². The molecule has 0 saturated heterocycles. The van der Waals surface area contributed by atoms with Crippen LogP contribution in [0.15, 0.2) is 10.6 Å². The summed E-state index contributed by atoms with van der Waals surface area (Å²) in [6, 6.07) is 0.623. The van der Waals surface area contributed by atoms with Gasteiger partial charge in [0.25, 0.3) is 0 Å². The number of halogens is 3. The van der Waals surface area contributed by atoms with Crippen molar-refractivity contribution in [3.8, 4) is 0 Å². The molecule has 0 saturated carbocycles. The Kier molecular flexibility index (Phi) is 2.58. The van der Waals surface area contributed by atoms with Gasteiger partial charge in [-0.05, 0) is 0 Å². The Morgan fingerprint density at radius 1 is 1.62 bits per heavy atom. The fourth-order valence-corrected chi connectivity index (χ4v) is 0.696. The number of aliphatic hydroxyl groups is 1. The predicted octanol–water partition coefficient (Wildman–Crippen LogP) is 0.685. The second-order valence-corrected chi connectivity index (χ2v) is 2.36. The van der Waals surface area contributed by atoms with Crippen LogP contribution in [0.4, 0.5) is 13.2 Å². The molecule has 0 fully saturated rings. The van der Waals surface area contributed by atoms with Gasteiger partial charge >= 0.3 is 6.18 Å². The van der Waals surface area contributed by atoms with Crippen LogP contribution < -0.4 is 5.73 Å². The van der Waals surface area contributed by atoms with Gasteiger partial charge in [0, 0.05) is 12.6 Å². The molecule has 0 bridgehead atoms. The van der Waals surface area contributed by atoms with Crippen LogP contribution in [0.5, 0.6) is 0 Å². The number of alkyl halides is 3. The molecular weight excluding hydrogens is 189 g/mol. The molecule has 13 heavy (non-hydrogen) atoms. The largest absolute Gasteiger partial charge is 0.436 e. The maximum Gasteiger partial charge on any atom is 0.436 e. The zero-order chi connectivity index (χ0) is 10.1. The van der Waals surface area contributed by atoms with E-state index in [0.717, 1.165) is 0 Å². The summed E-state index contributed by atoms with van der Waals surface area (Å²) in [6.07, 6.45) is -5.81. The van der Waals surface area contributed by atoms with E-state index in [4.69, 9.17) is 10.8 Å². The average Bonchev–Trinajstić information content (AvgIpc) is 2.50. The topological polar surface area (TPSA) is 72.3 Å². The summed E-state index contributed by atoms with van der Waals surface area (Å²) in [4.78, 5) is 0. The first kappa shape index (κ1) is 10.0. The van der Waals surface area contributed by atoms with Crippen LogP contribution in [0.2, 0.25) is 0 Å². The minimum absolute atomic E-state index is 0.216. The van der Waals surface area contributed by atoms with Gasteiger partial charge < -0.3 is 15.4 Å². The SMILES string of the molecule is NCC(O)c1cc(C(F)(F)F)no1. The first-order chi connectivity index (χ1) is 5.95. The fraction of sp³-hybridized carbons (Fsp3) is 0.500. The minimum atomic E-state index is -4.56. The van der Waals surface area contributed by atoms with E-state index in [1.54, 1.807) is 0 Å². The molecule has 0 aromatic carbocycles. The Hall–Kier alpha value is -1.08. The second-order valence-electron chi connectivity index (χ2n) is 2.36. The number of nitrogens with two attached hydrogens (primary N) is 1. The van der Waals surface area contributed by atoms with Crippen molar-refractivity contribution >= 4 is 0 Å². The highest BCUT2D eigenvalue weighted by molar-refractivity contribution is 5.10. The smallest absolute Gasteiger partial charge is 0.384 e. The molecule has 0 spiro atoms. The summed E-state index contributed by atoms with van der Waals surface area (Å²) in [5.41, 5.74) is 3.83. The lowest BCUT2D eigenvalue weighted by atomic mass is 10.2. The van der Waals surface area contributed by atoms with Crippen molar-refractivity contribution in [3.05, 3.63) is 17.5 Å². The highest BCUT2D eigenvalue weighted by Gasteiger charge is 2.35. The molecule has 0 aliphatic carbocycles. The van der Waals surface area contributed by atoms with Crippen molar-refractivity contribution in [2.45, 2.75) is 12.3 Å². The van der Waals surface area contributed by atoms with Gasteiger partial charge in [-0.1, -0.05) is 5.16 Å². The van der Waals surface area contributed by atoms with Crippen LogP contribution >= 0.6 is 0 Å². The molecule has 0 aliphatic rings. The molecule has 74 valence electrons. The second kappa shape index (κ2) is 3.35. The van der Waals surface area contributed by atoms with E-state index in [9.17, 15) is 13.2 Å². The minimum Gasteiger partial charge on any atom is -0.384 e. The molecule has 1 unspecified atom stereocenters. The van der Waals surface area contributed by atoms with Crippen molar-refractivity contribution in [3.63, 3.8) is 0 Å². The van der Waals surface area contributed by atoms with Gasteiger partial charge in [0.2, 0.25) is 0 Å². The van der Waals surface area contributed by atoms with E-state index in [-0.39, 0.29) is 12.3 Å². The summed E-state index contributed by atoms with van der Waals surface area (Å²) < 4.78 is 40.0. The molecule has 3 N–H and O–H groups in total. The Balaban J connectivity index is 2.87. The van der Waals surface area contributed by atoms with Gasteiger partial charge in [0.1, 0.15) is 6.10 Å². The van der Waals surface area contributed by atoms with Crippen molar-refractivity contribution in [1.82, 2.24) is 5.16 Å². The molecular formula is C6H7F3N2O2. The van der Waals surface area contributed by atoms with Gasteiger partial charge in [-0.2, -0.15) is 13.2 Å². The van der Waals surface area contributed by atoms with Crippen molar-refractivity contribution in [1.29, 1.82) is 0 Å². The summed E-state index contributed by atoms with van der Waals surface area (Å²) in [7, 11) is 0. The lowest BCUT2D eigenvalue weighted by Crippen LogP contribution is -2.10. The molecule has 1 atom stereocenters. The Bertz CT molecular complexity index is 284. The normalized spacial score (nSPS) is 14.5. The van der Waals surface area contributed by atoms with E-state index < -0.39 is 18.0 Å². The molecule has 0 aliphatic heterocycles. The zero-order valence-electron chi connectivity index (χ0n) is 6.38. The zero-order valence-corrected chi connectivity index (χ0v) is 6.38. The van der Waals surface area contributed by atoms with Crippen molar-refractivity contribution < 1.29 is 22.8 Å². The quantitative estimate of drug-likeness (QED) is 0.729. The highest BCUT2D eigenvalue weighted by atomic mass is 19.4. The van der Waals surface area contributed by atoms with E-state index in [1.165, 1.54) is 0 Å². The van der Waals surface area contributed by atoms with Crippen LogP contribution in [0.1, 0.15) is 17.6 Å². The lowest BCUT2D eigenvalue weighted by Gasteiger charge is -2.00. The number of nitrogens with zero attached hydrogens (tertiary/aromatic N) is 1. The highest BCUT2D eigenvalue weighted by Crippen LogP contribution is 2.29. The average molecular weight is 196 g/mol. The Morgan fingerprint density at radius 3 is 2.62 bits per heavy atom. The van der Waals surface area contributed by atoms with Gasteiger partial charge in [-0.25, -0.2) is 0 Å². The van der Waals surface area contributed by atoms with Gasteiger partial charge in [-0.15, -0.1) is 0 Å². The third-order valence-electron chi connectivity index (χ3n) is 1.37. The lowest BCUT2D eigenvalue weighted by molar-refractivity contribution is -0.142. The van der Waals surface area contributed by atoms with E-state index >= 15 is 0 Å². The van der Waals surface area contributed by atoms with E-state index in [0.29, 0.717) is 6.07 Å². The summed E-state index contributed by atoms with van der Waals surface area (Å²) >= 11 is 0. The predicted molar refractivity (Wildman–Crippen MR) is 35.5 cm³/mol. The van der Waals surface area contributed by atoms with Crippen molar-refractivity contribution in [2.24, 2.45) is 5.73 Å². The van der Waals surface area contributed by atoms with Crippen LogP contribution in [0.3, 0.4) is 0 Å². The fourth-order valence-electron chi connectivity index (χ4n) is 0.696. The van der Waals surface area contributed by atoms with Crippen LogP contribution in [-0.4, -0.2) is 16.8 Å². The van der Waals surface area contributed by atoms with Gasteiger partial charge in [0.05, 0.1) is 0 Å². The van der Waals surface area contributed by atoms with Crippen LogP contribution in [-0.2, 0) is 6.18 Å². The Morgan fingerprint density at radius 2 is 2.23 bits per heavy atom. The van der Waals surface area contributed by atoms with Crippen LogP contribution in [0, 0.1) is 0 Å². The molecule has 1 heterocycles. The van der Waals surface area contributed by atoms with Gasteiger partial charge in [0.15, 0.2) is 11.5 Å². The number of hydrogen-bond donors (Lipinski definition) is 2. The third kappa shape index (κ3) is 2.19. The number of aliphatic hydroxyl groups excluding tert-OH is 1. The monoisotopic (exact) mass is 196 g/mol. The maximum atomic E-state index is 11.9. The van der Waals surface area contributed by atoms with Gasteiger partial charge in [-0.3, -0.25) is 0 Å². The Labute approximate surface area is 71.1 Å². The molecule has 7 heteroatoms. The third-order valence-corrected chi connectivity index (χ3v) is 1.37. The summed E-state index contributed by atoms with van der Waals surface area (Å²) in [6.45, 7) is -0.216. The molecule has 1 aromatic rings. The van der Waals surface area contributed by atoms with Crippen molar-refractivity contribution in [2.75, 3.05) is 6.54 Å². The molecule has 1 rings (SSSR count). The molecule has 0 radical (unpaired) electrons. The number of rotatable bonds is 2. The number of hydrogen-bond acceptors (Lipinski definition) is 4. The molecule has 4 nitrogen and oxygen atoms in total. The molecule has 0 amide bonds. The maximum absolute atomic E-state index is 11.9. The van der Waals surface area contributed by atoms with Crippen LogP contribution in [0.25, 0.3) is 0 Å². The number of aromatic nitrogens is 1. The molecule has 1 aromatic heterocycles. The first-order valence-electron chi connectivity index (χ1n) is 3.37. The van der Waals surface area contributed by atoms with E-state index in [1.807, 2.05) is 0 Å². The first-order valence-corrected chi connectivity index (χ1v) is 3.37. The summed E-state index contributed by atoms with van der Waals surface area (Å²) in [5.74, 6) is -0.283.